The van der Waals surface area contributed by atoms with Crippen LogP contribution in [0.25, 0.3) is 22.0 Å². The molecule has 0 aliphatic heterocycles. The third-order valence-electron chi connectivity index (χ3n) is 5.93. The first-order valence-corrected chi connectivity index (χ1v) is 10.5. The van der Waals surface area contributed by atoms with E-state index >= 15 is 0 Å². The van der Waals surface area contributed by atoms with Crippen LogP contribution < -0.4 is 4.74 Å². The van der Waals surface area contributed by atoms with E-state index in [-0.39, 0.29) is 6.42 Å². The lowest BCUT2D eigenvalue weighted by Crippen LogP contribution is -2.15. The molecule has 29 heavy (non-hydrogen) atoms. The second-order valence-corrected chi connectivity index (χ2v) is 8.08. The van der Waals surface area contributed by atoms with Gasteiger partial charge in [-0.2, -0.15) is 5.10 Å². The topological polar surface area (TPSA) is 64.4 Å². The van der Waals surface area contributed by atoms with Crippen LogP contribution in [0.2, 0.25) is 0 Å². The molecule has 1 aromatic heterocycles. The Balaban J connectivity index is 1.64. The number of ether oxygens (including phenoxy) is 1. The van der Waals surface area contributed by atoms with E-state index in [1.807, 2.05) is 30.1 Å². The fourth-order valence-electron chi connectivity index (χ4n) is 4.23. The van der Waals surface area contributed by atoms with Gasteiger partial charge in [0, 0.05) is 24.4 Å². The third-order valence-corrected chi connectivity index (χ3v) is 5.93. The maximum Gasteiger partial charge on any atom is 0.303 e. The van der Waals surface area contributed by atoms with Crippen molar-refractivity contribution in [3.63, 3.8) is 0 Å². The first-order chi connectivity index (χ1) is 14.1. The van der Waals surface area contributed by atoms with E-state index in [1.165, 1.54) is 32.1 Å². The fraction of sp³-hybridized carbons (Fsp3) is 0.417. The molecule has 1 aliphatic carbocycles. The van der Waals surface area contributed by atoms with Crippen LogP contribution in [-0.2, 0) is 18.3 Å². The van der Waals surface area contributed by atoms with Crippen LogP contribution in [0, 0.1) is 5.92 Å². The molecule has 5 heteroatoms. The van der Waals surface area contributed by atoms with E-state index in [9.17, 15) is 4.79 Å². The maximum absolute atomic E-state index is 11.0. The van der Waals surface area contributed by atoms with Gasteiger partial charge >= 0.3 is 5.97 Å². The number of aliphatic carboxylic acids is 1. The van der Waals surface area contributed by atoms with Gasteiger partial charge in [-0.15, -0.1) is 0 Å². The molecule has 5 nitrogen and oxygen atoms in total. The SMILES string of the molecule is Cn1ncc2cc(-c3cc(CCC(=O)O)ccc3OCC3CCCCC3)ccc21. The summed E-state index contributed by atoms with van der Waals surface area (Å²) in [6.07, 6.45) is 8.94. The second kappa shape index (κ2) is 8.68. The van der Waals surface area contributed by atoms with Crippen molar-refractivity contribution in [2.45, 2.75) is 44.9 Å². The molecule has 152 valence electrons. The molecule has 2 aromatic carbocycles. The average molecular weight is 392 g/mol. The Bertz CT molecular complexity index is 1000. The lowest BCUT2D eigenvalue weighted by Gasteiger charge is -2.22. The monoisotopic (exact) mass is 392 g/mol. The van der Waals surface area contributed by atoms with Gasteiger partial charge in [0.1, 0.15) is 5.75 Å². The minimum absolute atomic E-state index is 0.128. The van der Waals surface area contributed by atoms with Crippen molar-refractivity contribution < 1.29 is 14.6 Å². The molecule has 0 saturated heterocycles. The number of nitrogens with zero attached hydrogens (tertiary/aromatic N) is 2. The summed E-state index contributed by atoms with van der Waals surface area (Å²) in [6.45, 7) is 0.747. The summed E-state index contributed by atoms with van der Waals surface area (Å²) in [5.74, 6) is 0.725. The Kier molecular flexibility index (Phi) is 5.84. The second-order valence-electron chi connectivity index (χ2n) is 8.08. The Morgan fingerprint density at radius 1 is 1.17 bits per heavy atom. The van der Waals surface area contributed by atoms with Crippen LogP contribution in [-0.4, -0.2) is 27.5 Å². The summed E-state index contributed by atoms with van der Waals surface area (Å²) in [5, 5.41) is 14.5. The highest BCUT2D eigenvalue weighted by Crippen LogP contribution is 2.34. The van der Waals surface area contributed by atoms with Crippen LogP contribution in [0.15, 0.2) is 42.6 Å². The van der Waals surface area contributed by atoms with Gasteiger partial charge in [0.15, 0.2) is 0 Å². The molecule has 0 radical (unpaired) electrons. The molecule has 1 heterocycles. The number of carboxylic acid groups (broad SMARTS) is 1. The number of carboxylic acids is 1. The molecule has 1 aliphatic rings. The van der Waals surface area contributed by atoms with E-state index in [0.29, 0.717) is 12.3 Å². The quantitative estimate of drug-likeness (QED) is 0.599. The van der Waals surface area contributed by atoms with Crippen LogP contribution >= 0.6 is 0 Å². The smallest absolute Gasteiger partial charge is 0.303 e. The van der Waals surface area contributed by atoms with Crippen molar-refractivity contribution >= 4 is 16.9 Å². The summed E-state index contributed by atoms with van der Waals surface area (Å²) in [5.41, 5.74) is 4.19. The summed E-state index contributed by atoms with van der Waals surface area (Å²) in [7, 11) is 1.94. The number of hydrogen-bond donors (Lipinski definition) is 1. The van der Waals surface area contributed by atoms with Crippen molar-refractivity contribution in [2.24, 2.45) is 13.0 Å². The number of rotatable bonds is 7. The lowest BCUT2D eigenvalue weighted by molar-refractivity contribution is -0.136. The van der Waals surface area contributed by atoms with Gasteiger partial charge in [0.2, 0.25) is 0 Å². The van der Waals surface area contributed by atoms with Crippen molar-refractivity contribution in [1.82, 2.24) is 9.78 Å². The molecule has 0 spiro atoms. The van der Waals surface area contributed by atoms with Crippen LogP contribution in [0.5, 0.6) is 5.75 Å². The van der Waals surface area contributed by atoms with Gasteiger partial charge in [-0.3, -0.25) is 9.48 Å². The van der Waals surface area contributed by atoms with E-state index in [0.717, 1.165) is 39.9 Å². The molecule has 3 aromatic rings. The summed E-state index contributed by atoms with van der Waals surface area (Å²) in [6, 6.07) is 12.4. The molecule has 4 rings (SSSR count). The van der Waals surface area contributed by atoms with E-state index < -0.39 is 5.97 Å². The van der Waals surface area contributed by atoms with Crippen LogP contribution in [0.3, 0.4) is 0 Å². The summed E-state index contributed by atoms with van der Waals surface area (Å²) < 4.78 is 8.16. The molecule has 0 atom stereocenters. The molecule has 1 saturated carbocycles. The lowest BCUT2D eigenvalue weighted by atomic mass is 9.90. The molecule has 0 amide bonds. The molecule has 0 unspecified atom stereocenters. The standard InChI is InChI=1S/C24H28N2O3/c1-26-22-10-9-19(14-20(22)15-25-26)21-13-17(8-12-24(27)28)7-11-23(21)29-16-18-5-3-2-4-6-18/h7,9-11,13-15,18H,2-6,8,12,16H2,1H3,(H,27,28). The Hall–Kier alpha value is -2.82. The zero-order valence-corrected chi connectivity index (χ0v) is 16.9. The van der Waals surface area contributed by atoms with Crippen LogP contribution in [0.1, 0.15) is 44.1 Å². The summed E-state index contributed by atoms with van der Waals surface area (Å²) >= 11 is 0. The highest BCUT2D eigenvalue weighted by Gasteiger charge is 2.16. The highest BCUT2D eigenvalue weighted by atomic mass is 16.5. The zero-order valence-electron chi connectivity index (χ0n) is 16.9. The Morgan fingerprint density at radius 3 is 2.79 bits per heavy atom. The molecular weight excluding hydrogens is 364 g/mol. The Morgan fingerprint density at radius 2 is 2.00 bits per heavy atom. The molecule has 1 N–H and O–H groups in total. The number of aryl methyl sites for hydroxylation is 2. The molecular formula is C24H28N2O3. The van der Waals surface area contributed by atoms with E-state index in [2.05, 4.69) is 29.4 Å². The number of benzene rings is 2. The predicted molar refractivity (Wildman–Crippen MR) is 114 cm³/mol. The van der Waals surface area contributed by atoms with Gasteiger partial charge < -0.3 is 9.84 Å². The van der Waals surface area contributed by atoms with Gasteiger partial charge in [-0.1, -0.05) is 31.4 Å². The molecule has 1 fully saturated rings. The molecule has 0 bridgehead atoms. The number of hydrogen-bond acceptors (Lipinski definition) is 3. The average Bonchev–Trinajstić information content (AvgIpc) is 3.12. The van der Waals surface area contributed by atoms with Crippen molar-refractivity contribution in [1.29, 1.82) is 0 Å². The van der Waals surface area contributed by atoms with Gasteiger partial charge in [-0.25, -0.2) is 0 Å². The first kappa shape index (κ1) is 19.5. The van der Waals surface area contributed by atoms with Gasteiger partial charge in [0.05, 0.1) is 18.3 Å². The van der Waals surface area contributed by atoms with E-state index in [1.54, 1.807) is 0 Å². The normalized spacial score (nSPS) is 14.9. The number of fused-ring (bicyclic) bond motifs is 1. The van der Waals surface area contributed by atoms with Crippen molar-refractivity contribution in [3.8, 4) is 16.9 Å². The van der Waals surface area contributed by atoms with Crippen molar-refractivity contribution in [2.75, 3.05) is 6.61 Å². The minimum atomic E-state index is -0.777. The number of carbonyl (C=O) groups is 1. The summed E-state index contributed by atoms with van der Waals surface area (Å²) in [4.78, 5) is 11.0. The highest BCUT2D eigenvalue weighted by molar-refractivity contribution is 5.86. The first-order valence-electron chi connectivity index (χ1n) is 10.5. The Labute approximate surface area is 171 Å². The van der Waals surface area contributed by atoms with Gasteiger partial charge in [0.25, 0.3) is 0 Å². The maximum atomic E-state index is 11.0. The predicted octanol–water partition coefficient (Wildman–Crippen LogP) is 5.22. The van der Waals surface area contributed by atoms with E-state index in [4.69, 9.17) is 9.84 Å². The van der Waals surface area contributed by atoms with Gasteiger partial charge in [-0.05, 0) is 60.6 Å². The minimum Gasteiger partial charge on any atom is -0.493 e. The third kappa shape index (κ3) is 4.61. The largest absolute Gasteiger partial charge is 0.493 e. The fourth-order valence-corrected chi connectivity index (χ4v) is 4.23. The number of aromatic nitrogens is 2. The van der Waals surface area contributed by atoms with Crippen LogP contribution in [0.4, 0.5) is 0 Å². The van der Waals surface area contributed by atoms with Crippen molar-refractivity contribution in [3.05, 3.63) is 48.2 Å². The zero-order chi connectivity index (χ0) is 20.2.